The molecule has 0 unspecified atom stereocenters. The van der Waals surface area contributed by atoms with Gasteiger partial charge in [-0.25, -0.2) is 14.6 Å². The van der Waals surface area contributed by atoms with Crippen molar-refractivity contribution in [2.24, 2.45) is 0 Å². The fourth-order valence-corrected chi connectivity index (χ4v) is 1.82. The molecule has 7 heteroatoms. The van der Waals surface area contributed by atoms with Crippen LogP contribution in [0.3, 0.4) is 0 Å². The minimum absolute atomic E-state index is 0.372. The third-order valence-corrected chi connectivity index (χ3v) is 3.00. The fraction of sp³-hybridized carbons (Fsp3) is 0.462. The number of rotatable bonds is 6. The Bertz CT molecular complexity index is 565. The topological polar surface area (TPSA) is 64.9 Å². The van der Waals surface area contributed by atoms with Crippen LogP contribution < -0.4 is 5.32 Å². The largest absolute Gasteiger partial charge is 0.374 e. The Balaban J connectivity index is 2.37. The van der Waals surface area contributed by atoms with E-state index in [2.05, 4.69) is 20.4 Å². The highest BCUT2D eigenvalue weighted by Gasteiger charge is 2.09. The molecule has 6 nitrogen and oxygen atoms in total. The molecule has 1 N–H and O–H groups in total. The van der Waals surface area contributed by atoms with E-state index < -0.39 is 0 Å². The van der Waals surface area contributed by atoms with Gasteiger partial charge in [0.2, 0.25) is 0 Å². The zero-order valence-electron chi connectivity index (χ0n) is 11.9. The maximum atomic E-state index is 6.04. The molecule has 0 aliphatic heterocycles. The van der Waals surface area contributed by atoms with E-state index in [4.69, 9.17) is 16.3 Å². The first kappa shape index (κ1) is 14.7. The van der Waals surface area contributed by atoms with Crippen molar-refractivity contribution < 1.29 is 4.74 Å². The first-order chi connectivity index (χ1) is 9.63. The number of nitrogens with zero attached hydrogens (tertiary/aromatic N) is 4. The number of halogens is 1. The van der Waals surface area contributed by atoms with Gasteiger partial charge in [-0.1, -0.05) is 11.6 Å². The number of aromatic nitrogens is 4. The smallest absolute Gasteiger partial charge is 0.159 e. The Hall–Kier alpha value is -1.66. The monoisotopic (exact) mass is 295 g/mol. The molecule has 0 fully saturated rings. The van der Waals surface area contributed by atoms with Crippen LogP contribution in [0.25, 0.3) is 5.82 Å². The lowest BCUT2D eigenvalue weighted by Crippen LogP contribution is -2.09. The molecular weight excluding hydrogens is 278 g/mol. The van der Waals surface area contributed by atoms with E-state index in [0.717, 1.165) is 18.1 Å². The molecule has 0 spiro atoms. The van der Waals surface area contributed by atoms with E-state index in [0.29, 0.717) is 29.9 Å². The summed E-state index contributed by atoms with van der Waals surface area (Å²) in [5.41, 5.74) is 0.765. The van der Waals surface area contributed by atoms with Crippen LogP contribution in [-0.2, 0) is 11.3 Å². The van der Waals surface area contributed by atoms with Gasteiger partial charge >= 0.3 is 0 Å². The predicted molar refractivity (Wildman–Crippen MR) is 78.4 cm³/mol. The van der Waals surface area contributed by atoms with E-state index in [1.807, 2.05) is 26.8 Å². The van der Waals surface area contributed by atoms with E-state index in [-0.39, 0.29) is 0 Å². The van der Waals surface area contributed by atoms with Crippen molar-refractivity contribution >= 4 is 17.4 Å². The standard InChI is InChI=1S/C13H18ClN5O/c1-4-15-11-6-13(17-12(16-11)8-20-5-2)19-7-10(14)9(3)18-19/h6-7H,4-5,8H2,1-3H3,(H,15,16,17). The van der Waals surface area contributed by atoms with E-state index in [1.54, 1.807) is 10.9 Å². The molecule has 2 aromatic rings. The Labute approximate surface area is 123 Å². The molecule has 2 rings (SSSR count). The summed E-state index contributed by atoms with van der Waals surface area (Å²) in [7, 11) is 0. The zero-order valence-corrected chi connectivity index (χ0v) is 12.6. The number of hydrogen-bond acceptors (Lipinski definition) is 5. The van der Waals surface area contributed by atoms with Crippen LogP contribution in [0.15, 0.2) is 12.3 Å². The van der Waals surface area contributed by atoms with E-state index in [9.17, 15) is 0 Å². The molecule has 0 aliphatic carbocycles. The van der Waals surface area contributed by atoms with Gasteiger partial charge in [0.1, 0.15) is 12.4 Å². The zero-order chi connectivity index (χ0) is 14.5. The van der Waals surface area contributed by atoms with Gasteiger partial charge in [-0.15, -0.1) is 0 Å². The molecule has 0 saturated carbocycles. The lowest BCUT2D eigenvalue weighted by Gasteiger charge is -2.09. The fourth-order valence-electron chi connectivity index (χ4n) is 1.69. The normalized spacial score (nSPS) is 10.8. The van der Waals surface area contributed by atoms with E-state index in [1.165, 1.54) is 0 Å². The molecular formula is C13H18ClN5O. The molecule has 2 heterocycles. The summed E-state index contributed by atoms with van der Waals surface area (Å²) in [6, 6.07) is 1.84. The second-order valence-electron chi connectivity index (χ2n) is 4.20. The van der Waals surface area contributed by atoms with Crippen LogP contribution >= 0.6 is 11.6 Å². The van der Waals surface area contributed by atoms with Gasteiger partial charge in [-0.2, -0.15) is 5.10 Å². The van der Waals surface area contributed by atoms with Crippen LogP contribution in [-0.4, -0.2) is 32.9 Å². The van der Waals surface area contributed by atoms with Crippen LogP contribution in [0.1, 0.15) is 25.4 Å². The molecule has 0 atom stereocenters. The van der Waals surface area contributed by atoms with Crippen molar-refractivity contribution in [3.63, 3.8) is 0 Å². The summed E-state index contributed by atoms with van der Waals surface area (Å²) in [5.74, 6) is 2.03. The van der Waals surface area contributed by atoms with Gasteiger partial charge in [0.25, 0.3) is 0 Å². The van der Waals surface area contributed by atoms with Crippen LogP contribution in [0.2, 0.25) is 5.02 Å². The Morgan fingerprint density at radius 1 is 1.35 bits per heavy atom. The second-order valence-corrected chi connectivity index (χ2v) is 4.61. The summed E-state index contributed by atoms with van der Waals surface area (Å²) >= 11 is 6.04. The number of aryl methyl sites for hydroxylation is 1. The van der Waals surface area contributed by atoms with Crippen molar-refractivity contribution in [2.45, 2.75) is 27.4 Å². The Morgan fingerprint density at radius 3 is 2.75 bits per heavy atom. The number of anilines is 1. The highest BCUT2D eigenvalue weighted by atomic mass is 35.5. The summed E-state index contributed by atoms with van der Waals surface area (Å²) in [4.78, 5) is 8.84. The average Bonchev–Trinajstić information content (AvgIpc) is 2.77. The lowest BCUT2D eigenvalue weighted by atomic mass is 10.4. The SMILES string of the molecule is CCNc1cc(-n2cc(Cl)c(C)n2)nc(COCC)n1. The third-order valence-electron chi connectivity index (χ3n) is 2.63. The Morgan fingerprint density at radius 2 is 2.15 bits per heavy atom. The molecule has 0 saturated heterocycles. The van der Waals surface area contributed by atoms with Crippen LogP contribution in [0, 0.1) is 6.92 Å². The first-order valence-corrected chi connectivity index (χ1v) is 6.93. The maximum absolute atomic E-state index is 6.04. The quantitative estimate of drug-likeness (QED) is 0.887. The van der Waals surface area contributed by atoms with Crippen molar-refractivity contribution in [1.82, 2.24) is 19.7 Å². The number of nitrogens with one attached hydrogen (secondary N) is 1. The Kier molecular flexibility index (Phi) is 4.92. The first-order valence-electron chi connectivity index (χ1n) is 6.55. The van der Waals surface area contributed by atoms with Crippen molar-refractivity contribution in [1.29, 1.82) is 0 Å². The van der Waals surface area contributed by atoms with Gasteiger partial charge < -0.3 is 10.1 Å². The van der Waals surface area contributed by atoms with Gasteiger partial charge in [-0.3, -0.25) is 0 Å². The third kappa shape index (κ3) is 3.46. The summed E-state index contributed by atoms with van der Waals surface area (Å²) in [6.07, 6.45) is 1.74. The van der Waals surface area contributed by atoms with Gasteiger partial charge in [0.15, 0.2) is 11.6 Å². The molecule has 108 valence electrons. The molecule has 0 aromatic carbocycles. The average molecular weight is 296 g/mol. The minimum atomic E-state index is 0.372. The van der Waals surface area contributed by atoms with Crippen LogP contribution in [0.4, 0.5) is 5.82 Å². The molecule has 2 aromatic heterocycles. The van der Waals surface area contributed by atoms with Crippen molar-refractivity contribution in [3.8, 4) is 5.82 Å². The predicted octanol–water partition coefficient (Wildman–Crippen LogP) is 2.59. The molecule has 0 aliphatic rings. The molecule has 0 radical (unpaired) electrons. The van der Waals surface area contributed by atoms with Crippen molar-refractivity contribution in [2.75, 3.05) is 18.5 Å². The summed E-state index contributed by atoms with van der Waals surface area (Å²) in [5, 5.41) is 8.12. The molecule has 0 bridgehead atoms. The van der Waals surface area contributed by atoms with Gasteiger partial charge in [0, 0.05) is 19.2 Å². The second kappa shape index (κ2) is 6.67. The van der Waals surface area contributed by atoms with Crippen LogP contribution in [0.5, 0.6) is 0 Å². The number of hydrogen-bond donors (Lipinski definition) is 1. The molecule has 20 heavy (non-hydrogen) atoms. The summed E-state index contributed by atoms with van der Waals surface area (Å²) in [6.45, 7) is 7.58. The summed E-state index contributed by atoms with van der Waals surface area (Å²) < 4.78 is 7.01. The highest BCUT2D eigenvalue weighted by molar-refractivity contribution is 6.31. The number of ether oxygens (including phenoxy) is 1. The van der Waals surface area contributed by atoms with Gasteiger partial charge in [0.05, 0.1) is 16.9 Å². The highest BCUT2D eigenvalue weighted by Crippen LogP contribution is 2.17. The van der Waals surface area contributed by atoms with E-state index >= 15 is 0 Å². The lowest BCUT2D eigenvalue weighted by molar-refractivity contribution is 0.128. The molecule has 0 amide bonds. The maximum Gasteiger partial charge on any atom is 0.159 e. The van der Waals surface area contributed by atoms with Crippen molar-refractivity contribution in [3.05, 3.63) is 28.8 Å². The minimum Gasteiger partial charge on any atom is -0.374 e. The van der Waals surface area contributed by atoms with Gasteiger partial charge in [-0.05, 0) is 20.8 Å².